The molecule has 230 valence electrons. The molecule has 0 spiro atoms. The van der Waals surface area contributed by atoms with Crippen LogP contribution in [0.5, 0.6) is 5.75 Å². The highest BCUT2D eigenvalue weighted by molar-refractivity contribution is 6.30. The Balaban J connectivity index is 1.18. The monoisotopic (exact) mass is 637 g/mol. The molecule has 2 N–H and O–H groups in total. The van der Waals surface area contributed by atoms with E-state index in [-0.39, 0.29) is 0 Å². The van der Waals surface area contributed by atoms with E-state index in [1.807, 2.05) is 30.3 Å². The number of benzene rings is 8. The minimum atomic E-state index is 0.379. The van der Waals surface area contributed by atoms with E-state index >= 15 is 0 Å². The first-order valence-corrected chi connectivity index (χ1v) is 16.5. The van der Waals surface area contributed by atoms with Crippen LogP contribution in [0.3, 0.4) is 0 Å². The van der Waals surface area contributed by atoms with Crippen molar-refractivity contribution in [1.82, 2.24) is 0 Å². The first-order chi connectivity index (χ1) is 23.6. The van der Waals surface area contributed by atoms with Gasteiger partial charge in [0.05, 0.1) is 5.69 Å². The number of nitrogens with two attached hydrogens (primary N) is 1. The molecule has 8 aromatic carbocycles. The van der Waals surface area contributed by atoms with E-state index in [4.69, 9.17) is 22.1 Å². The number of rotatable bonds is 7. The molecule has 0 fully saturated rings. The molecule has 0 heterocycles. The standard InChI is InChI=1S/C45H32ClNO/c46-38-25-15-30(16-26-38)29-48-44-28-37(31-17-19-34(20-18-31)41-13-5-9-32-7-1-3-11-39(32)41)27-43(45(44)47)36-23-21-35(22-24-36)42-14-6-10-33-8-2-4-12-40(33)42/h1-28H,29,47H2. The Morgan fingerprint density at radius 3 is 1.48 bits per heavy atom. The van der Waals surface area contributed by atoms with Crippen LogP contribution in [-0.2, 0) is 6.61 Å². The molecular weight excluding hydrogens is 606 g/mol. The van der Waals surface area contributed by atoms with Crippen molar-refractivity contribution in [1.29, 1.82) is 0 Å². The Hall–Kier alpha value is -5.83. The van der Waals surface area contributed by atoms with E-state index in [9.17, 15) is 0 Å². The third-order valence-electron chi connectivity index (χ3n) is 9.07. The highest BCUT2D eigenvalue weighted by atomic mass is 35.5. The molecule has 0 atom stereocenters. The predicted octanol–water partition coefficient (Wildman–Crippen LogP) is 12.5. The topological polar surface area (TPSA) is 35.2 Å². The SMILES string of the molecule is Nc1c(OCc2ccc(Cl)cc2)cc(-c2ccc(-c3cccc4ccccc34)cc2)cc1-c1ccc(-c2cccc3ccccc23)cc1. The van der Waals surface area contributed by atoms with Gasteiger partial charge in [0.2, 0.25) is 0 Å². The molecule has 2 nitrogen and oxygen atoms in total. The molecule has 3 heteroatoms. The average molecular weight is 638 g/mol. The Kier molecular flexibility index (Phi) is 7.86. The molecule has 0 amide bonds. The van der Waals surface area contributed by atoms with Crippen LogP contribution < -0.4 is 10.5 Å². The van der Waals surface area contributed by atoms with E-state index in [0.29, 0.717) is 23.1 Å². The van der Waals surface area contributed by atoms with Crippen molar-refractivity contribution in [3.63, 3.8) is 0 Å². The highest BCUT2D eigenvalue weighted by Crippen LogP contribution is 2.40. The second kappa shape index (κ2) is 12.8. The molecule has 0 aliphatic heterocycles. The Labute approximate surface area is 285 Å². The maximum absolute atomic E-state index is 6.88. The Morgan fingerprint density at radius 1 is 0.438 bits per heavy atom. The number of halogens is 1. The third-order valence-corrected chi connectivity index (χ3v) is 9.32. The van der Waals surface area contributed by atoms with Gasteiger partial charge in [-0.15, -0.1) is 0 Å². The summed E-state index contributed by atoms with van der Waals surface area (Å²) in [6.45, 7) is 0.379. The first-order valence-electron chi connectivity index (χ1n) is 16.1. The average Bonchev–Trinajstić information content (AvgIpc) is 3.15. The molecular formula is C45H32ClNO. The molecule has 8 aromatic rings. The number of ether oxygens (including phenoxy) is 1. The lowest BCUT2D eigenvalue weighted by Gasteiger charge is -2.17. The summed E-state index contributed by atoms with van der Waals surface area (Å²) >= 11 is 6.13. The quantitative estimate of drug-likeness (QED) is 0.176. The van der Waals surface area contributed by atoms with Crippen LogP contribution in [0.15, 0.2) is 170 Å². The third kappa shape index (κ3) is 5.79. The molecule has 8 rings (SSSR count). The highest BCUT2D eigenvalue weighted by Gasteiger charge is 2.15. The number of hydrogen-bond acceptors (Lipinski definition) is 2. The van der Waals surface area contributed by atoms with Crippen LogP contribution in [0, 0.1) is 0 Å². The zero-order valence-corrected chi connectivity index (χ0v) is 27.0. The van der Waals surface area contributed by atoms with Crippen LogP contribution in [0.1, 0.15) is 5.56 Å². The molecule has 0 aliphatic rings. The van der Waals surface area contributed by atoms with Crippen LogP contribution in [0.25, 0.3) is 66.1 Å². The normalized spacial score (nSPS) is 11.2. The summed E-state index contributed by atoms with van der Waals surface area (Å²) in [6.07, 6.45) is 0. The molecule has 0 saturated carbocycles. The lowest BCUT2D eigenvalue weighted by molar-refractivity contribution is 0.308. The molecule has 48 heavy (non-hydrogen) atoms. The zero-order valence-electron chi connectivity index (χ0n) is 26.2. The van der Waals surface area contributed by atoms with Crippen molar-refractivity contribution in [2.24, 2.45) is 0 Å². The van der Waals surface area contributed by atoms with Crippen molar-refractivity contribution in [2.45, 2.75) is 6.61 Å². The maximum atomic E-state index is 6.88. The van der Waals surface area contributed by atoms with Gasteiger partial charge in [-0.2, -0.15) is 0 Å². The summed E-state index contributed by atoms with van der Waals surface area (Å²) in [5, 5.41) is 5.63. The summed E-state index contributed by atoms with van der Waals surface area (Å²) in [5.41, 5.74) is 17.4. The van der Waals surface area contributed by atoms with Gasteiger partial charge in [0, 0.05) is 10.6 Å². The smallest absolute Gasteiger partial charge is 0.143 e. The minimum absolute atomic E-state index is 0.379. The van der Waals surface area contributed by atoms with Crippen molar-refractivity contribution in [3.05, 3.63) is 180 Å². The van der Waals surface area contributed by atoms with Gasteiger partial charge in [0.1, 0.15) is 12.4 Å². The van der Waals surface area contributed by atoms with Crippen molar-refractivity contribution in [3.8, 4) is 50.3 Å². The summed E-state index contributed by atoms with van der Waals surface area (Å²) in [4.78, 5) is 0. The maximum Gasteiger partial charge on any atom is 0.143 e. The van der Waals surface area contributed by atoms with E-state index < -0.39 is 0 Å². The summed E-state index contributed by atoms with van der Waals surface area (Å²) in [6, 6.07) is 59.2. The minimum Gasteiger partial charge on any atom is -0.487 e. The van der Waals surface area contributed by atoms with Crippen molar-refractivity contribution in [2.75, 3.05) is 5.73 Å². The van der Waals surface area contributed by atoms with E-state index in [2.05, 4.69) is 140 Å². The fraction of sp³-hybridized carbons (Fsp3) is 0.0222. The number of fused-ring (bicyclic) bond motifs is 2. The van der Waals surface area contributed by atoms with Crippen LogP contribution >= 0.6 is 11.6 Å². The van der Waals surface area contributed by atoms with E-state index in [1.165, 1.54) is 38.2 Å². The van der Waals surface area contributed by atoms with Gasteiger partial charge in [-0.1, -0.05) is 157 Å². The fourth-order valence-electron chi connectivity index (χ4n) is 6.52. The predicted molar refractivity (Wildman–Crippen MR) is 203 cm³/mol. The van der Waals surface area contributed by atoms with Gasteiger partial charge in [-0.05, 0) is 90.3 Å². The van der Waals surface area contributed by atoms with Crippen molar-refractivity contribution >= 4 is 38.8 Å². The lowest BCUT2D eigenvalue weighted by atomic mass is 9.93. The van der Waals surface area contributed by atoms with Crippen LogP contribution in [0.2, 0.25) is 5.02 Å². The second-order valence-electron chi connectivity index (χ2n) is 12.1. The zero-order chi connectivity index (χ0) is 32.5. The lowest BCUT2D eigenvalue weighted by Crippen LogP contribution is -2.01. The van der Waals surface area contributed by atoms with E-state index in [0.717, 1.165) is 33.4 Å². The van der Waals surface area contributed by atoms with Gasteiger partial charge in [0.15, 0.2) is 0 Å². The summed E-state index contributed by atoms with van der Waals surface area (Å²) < 4.78 is 6.40. The van der Waals surface area contributed by atoms with Crippen molar-refractivity contribution < 1.29 is 4.74 Å². The van der Waals surface area contributed by atoms with Gasteiger partial charge >= 0.3 is 0 Å². The molecule has 0 saturated heterocycles. The first kappa shape index (κ1) is 29.6. The van der Waals surface area contributed by atoms with Gasteiger partial charge in [-0.3, -0.25) is 0 Å². The van der Waals surface area contributed by atoms with E-state index in [1.54, 1.807) is 0 Å². The van der Waals surface area contributed by atoms with Crippen LogP contribution in [-0.4, -0.2) is 0 Å². The van der Waals surface area contributed by atoms with Gasteiger partial charge in [-0.25, -0.2) is 0 Å². The van der Waals surface area contributed by atoms with Crippen LogP contribution in [0.4, 0.5) is 5.69 Å². The number of hydrogen-bond donors (Lipinski definition) is 1. The van der Waals surface area contributed by atoms with Gasteiger partial charge in [0.25, 0.3) is 0 Å². The molecule has 0 aliphatic carbocycles. The van der Waals surface area contributed by atoms with Gasteiger partial charge < -0.3 is 10.5 Å². The second-order valence-corrected chi connectivity index (χ2v) is 12.5. The molecule has 0 unspecified atom stereocenters. The Morgan fingerprint density at radius 2 is 0.917 bits per heavy atom. The number of anilines is 1. The fourth-order valence-corrected chi connectivity index (χ4v) is 6.65. The molecule has 0 radical (unpaired) electrons. The summed E-state index contributed by atoms with van der Waals surface area (Å²) in [5.74, 6) is 0.647. The molecule has 0 aromatic heterocycles. The number of nitrogen functional groups attached to an aromatic ring is 1. The molecule has 0 bridgehead atoms. The summed E-state index contributed by atoms with van der Waals surface area (Å²) in [7, 11) is 0. The largest absolute Gasteiger partial charge is 0.487 e. The Bertz CT molecular complexity index is 2380.